The highest BCUT2D eigenvalue weighted by Crippen LogP contribution is 2.34. The van der Waals surface area contributed by atoms with Gasteiger partial charge in [-0.25, -0.2) is 4.98 Å². The number of pyridine rings is 1. The van der Waals surface area contributed by atoms with E-state index >= 15 is 0 Å². The van der Waals surface area contributed by atoms with E-state index in [0.717, 1.165) is 29.1 Å². The van der Waals surface area contributed by atoms with Crippen LogP contribution in [0.3, 0.4) is 0 Å². The molecule has 0 aromatic carbocycles. The molecule has 1 fully saturated rings. The summed E-state index contributed by atoms with van der Waals surface area (Å²) in [5.74, 6) is 0.988. The summed E-state index contributed by atoms with van der Waals surface area (Å²) in [7, 11) is 0. The standard InChI is InChI=1S/C15H23N3S/c1-5-12-7-6-11(4)18(12)15-13(14(16)19)9(2)8-10(3)17-15/h8,11-12H,5-7H2,1-4H3,(H2,16,19). The summed E-state index contributed by atoms with van der Waals surface area (Å²) >= 11 is 5.24. The number of aryl methyl sites for hydroxylation is 2. The van der Waals surface area contributed by atoms with Gasteiger partial charge in [0.15, 0.2) is 0 Å². The van der Waals surface area contributed by atoms with Crippen LogP contribution in [0.15, 0.2) is 6.07 Å². The number of hydrogen-bond donors (Lipinski definition) is 1. The smallest absolute Gasteiger partial charge is 0.139 e. The van der Waals surface area contributed by atoms with Crippen LogP contribution in [0.5, 0.6) is 0 Å². The third-order valence-electron chi connectivity index (χ3n) is 4.07. The van der Waals surface area contributed by atoms with Crippen molar-refractivity contribution in [2.75, 3.05) is 4.90 Å². The summed E-state index contributed by atoms with van der Waals surface area (Å²) in [6.45, 7) is 8.59. The topological polar surface area (TPSA) is 42.2 Å². The second-order valence-electron chi connectivity index (χ2n) is 5.54. The summed E-state index contributed by atoms with van der Waals surface area (Å²) in [5, 5.41) is 0. The molecule has 2 unspecified atom stereocenters. The van der Waals surface area contributed by atoms with Crippen LogP contribution in [0.25, 0.3) is 0 Å². The Kier molecular flexibility index (Phi) is 4.09. The van der Waals surface area contributed by atoms with Crippen molar-refractivity contribution in [2.24, 2.45) is 5.73 Å². The Morgan fingerprint density at radius 2 is 2.16 bits per heavy atom. The SMILES string of the molecule is CCC1CCC(C)N1c1nc(C)cc(C)c1C(N)=S. The number of anilines is 1. The van der Waals surface area contributed by atoms with E-state index in [1.165, 1.54) is 12.8 Å². The molecule has 0 amide bonds. The summed E-state index contributed by atoms with van der Waals surface area (Å²) in [5.41, 5.74) is 9.04. The van der Waals surface area contributed by atoms with Gasteiger partial charge in [0, 0.05) is 17.8 Å². The fourth-order valence-corrected chi connectivity index (χ4v) is 3.41. The van der Waals surface area contributed by atoms with Crippen molar-refractivity contribution in [3.63, 3.8) is 0 Å². The van der Waals surface area contributed by atoms with Gasteiger partial charge >= 0.3 is 0 Å². The molecule has 1 aliphatic heterocycles. The monoisotopic (exact) mass is 277 g/mol. The average Bonchev–Trinajstić information content (AvgIpc) is 2.68. The lowest BCUT2D eigenvalue weighted by Gasteiger charge is -2.31. The normalized spacial score (nSPS) is 22.8. The van der Waals surface area contributed by atoms with E-state index in [0.29, 0.717) is 17.1 Å². The van der Waals surface area contributed by atoms with Crippen molar-refractivity contribution in [1.29, 1.82) is 0 Å². The molecular formula is C15H23N3S. The third kappa shape index (κ3) is 2.59. The van der Waals surface area contributed by atoms with Crippen LogP contribution >= 0.6 is 12.2 Å². The molecule has 104 valence electrons. The molecule has 19 heavy (non-hydrogen) atoms. The zero-order valence-electron chi connectivity index (χ0n) is 12.2. The molecule has 0 aliphatic carbocycles. The molecule has 0 bridgehead atoms. The van der Waals surface area contributed by atoms with Crippen molar-refractivity contribution < 1.29 is 0 Å². The molecule has 2 atom stereocenters. The fourth-order valence-electron chi connectivity index (χ4n) is 3.16. The predicted octanol–water partition coefficient (Wildman–Crippen LogP) is 3.10. The summed E-state index contributed by atoms with van der Waals surface area (Å²) in [6, 6.07) is 3.11. The Balaban J connectivity index is 2.57. The highest BCUT2D eigenvalue weighted by Gasteiger charge is 2.32. The van der Waals surface area contributed by atoms with Crippen LogP contribution in [0.2, 0.25) is 0 Å². The molecule has 3 nitrogen and oxygen atoms in total. The quantitative estimate of drug-likeness (QED) is 0.862. The molecule has 2 heterocycles. The summed E-state index contributed by atoms with van der Waals surface area (Å²) in [6.07, 6.45) is 3.57. The van der Waals surface area contributed by atoms with Gasteiger partial charge in [-0.2, -0.15) is 0 Å². The minimum absolute atomic E-state index is 0.453. The Bertz CT molecular complexity index is 498. The predicted molar refractivity (Wildman–Crippen MR) is 84.9 cm³/mol. The van der Waals surface area contributed by atoms with Gasteiger partial charge in [0.25, 0.3) is 0 Å². The highest BCUT2D eigenvalue weighted by molar-refractivity contribution is 7.80. The van der Waals surface area contributed by atoms with Gasteiger partial charge in [0.2, 0.25) is 0 Å². The van der Waals surface area contributed by atoms with Crippen molar-refractivity contribution >= 4 is 23.0 Å². The second-order valence-corrected chi connectivity index (χ2v) is 5.98. The van der Waals surface area contributed by atoms with Crippen LogP contribution in [-0.2, 0) is 0 Å². The van der Waals surface area contributed by atoms with Crippen LogP contribution < -0.4 is 10.6 Å². The number of aromatic nitrogens is 1. The zero-order valence-corrected chi connectivity index (χ0v) is 13.0. The maximum atomic E-state index is 5.93. The Hall–Kier alpha value is -1.16. The molecular weight excluding hydrogens is 254 g/mol. The van der Waals surface area contributed by atoms with Crippen LogP contribution in [0, 0.1) is 13.8 Å². The first-order chi connectivity index (χ1) is 8.95. The molecule has 1 saturated heterocycles. The fraction of sp³-hybridized carbons (Fsp3) is 0.600. The van der Waals surface area contributed by atoms with E-state index in [4.69, 9.17) is 22.9 Å². The molecule has 4 heteroatoms. The number of nitrogens with zero attached hydrogens (tertiary/aromatic N) is 2. The van der Waals surface area contributed by atoms with Crippen molar-refractivity contribution in [1.82, 2.24) is 4.98 Å². The first kappa shape index (κ1) is 14.3. The lowest BCUT2D eigenvalue weighted by Crippen LogP contribution is -2.37. The number of thiocarbonyl (C=S) groups is 1. The molecule has 2 rings (SSSR count). The van der Waals surface area contributed by atoms with E-state index < -0.39 is 0 Å². The molecule has 0 radical (unpaired) electrons. The van der Waals surface area contributed by atoms with E-state index in [-0.39, 0.29) is 0 Å². The number of hydrogen-bond acceptors (Lipinski definition) is 3. The van der Waals surface area contributed by atoms with Crippen LogP contribution in [0.1, 0.15) is 49.9 Å². The van der Waals surface area contributed by atoms with Crippen molar-refractivity contribution in [3.8, 4) is 0 Å². The minimum atomic E-state index is 0.453. The van der Waals surface area contributed by atoms with Crippen molar-refractivity contribution in [3.05, 3.63) is 22.9 Å². The minimum Gasteiger partial charge on any atom is -0.389 e. The Labute approximate surface area is 121 Å². The summed E-state index contributed by atoms with van der Waals surface area (Å²) in [4.78, 5) is 7.62. The zero-order chi connectivity index (χ0) is 14.2. The Morgan fingerprint density at radius 1 is 1.47 bits per heavy atom. The first-order valence-corrected chi connectivity index (χ1v) is 7.42. The maximum Gasteiger partial charge on any atom is 0.139 e. The van der Waals surface area contributed by atoms with E-state index in [9.17, 15) is 0 Å². The van der Waals surface area contributed by atoms with Gasteiger partial charge in [-0.05, 0) is 51.7 Å². The average molecular weight is 277 g/mol. The summed E-state index contributed by atoms with van der Waals surface area (Å²) < 4.78 is 0. The van der Waals surface area contributed by atoms with Gasteiger partial charge < -0.3 is 10.6 Å². The van der Waals surface area contributed by atoms with Gasteiger partial charge in [-0.1, -0.05) is 19.1 Å². The molecule has 1 aromatic heterocycles. The van der Waals surface area contributed by atoms with Crippen LogP contribution in [-0.4, -0.2) is 22.1 Å². The van der Waals surface area contributed by atoms with E-state index in [1.54, 1.807) is 0 Å². The number of rotatable bonds is 3. The molecule has 2 N–H and O–H groups in total. The highest BCUT2D eigenvalue weighted by atomic mass is 32.1. The van der Waals surface area contributed by atoms with Gasteiger partial charge in [-0.3, -0.25) is 0 Å². The van der Waals surface area contributed by atoms with Gasteiger partial charge in [-0.15, -0.1) is 0 Å². The number of nitrogens with two attached hydrogens (primary N) is 1. The van der Waals surface area contributed by atoms with E-state index in [1.807, 2.05) is 6.92 Å². The van der Waals surface area contributed by atoms with E-state index in [2.05, 4.69) is 31.7 Å². The molecule has 0 spiro atoms. The lowest BCUT2D eigenvalue weighted by molar-refractivity contribution is 0.620. The lowest BCUT2D eigenvalue weighted by atomic mass is 10.1. The molecule has 0 saturated carbocycles. The largest absolute Gasteiger partial charge is 0.389 e. The van der Waals surface area contributed by atoms with Gasteiger partial charge in [0.05, 0.1) is 5.56 Å². The third-order valence-corrected chi connectivity index (χ3v) is 4.28. The van der Waals surface area contributed by atoms with Crippen molar-refractivity contribution in [2.45, 2.75) is 59.0 Å². The molecule has 1 aliphatic rings. The second kappa shape index (κ2) is 5.45. The first-order valence-electron chi connectivity index (χ1n) is 7.02. The molecule has 1 aromatic rings. The maximum absolute atomic E-state index is 5.93. The Morgan fingerprint density at radius 3 is 2.74 bits per heavy atom. The van der Waals surface area contributed by atoms with Gasteiger partial charge in [0.1, 0.15) is 10.8 Å². The van der Waals surface area contributed by atoms with Crippen LogP contribution in [0.4, 0.5) is 5.82 Å².